The minimum Gasteiger partial charge on any atom is -0.467 e. The van der Waals surface area contributed by atoms with Gasteiger partial charge < -0.3 is 14.4 Å². The molecule has 0 bridgehead atoms. The minimum absolute atomic E-state index is 0.188. The molecule has 0 aromatic heterocycles. The molecule has 1 unspecified atom stereocenters. The molecule has 7 nitrogen and oxygen atoms in total. The Bertz CT molecular complexity index is 521. The predicted molar refractivity (Wildman–Crippen MR) is 119 cm³/mol. The summed E-state index contributed by atoms with van der Waals surface area (Å²) in [7, 11) is 1.33. The number of unbranched alkanes of at least 4 members (excludes halogenated alkanes) is 1. The molecule has 1 aliphatic rings. The largest absolute Gasteiger partial charge is 0.467 e. The lowest BCUT2D eigenvalue weighted by atomic mass is 10.2. The molecule has 1 fully saturated rings. The van der Waals surface area contributed by atoms with Gasteiger partial charge in [-0.1, -0.05) is 13.3 Å². The molecule has 168 valence electrons. The summed E-state index contributed by atoms with van der Waals surface area (Å²) in [5.41, 5.74) is 0. The van der Waals surface area contributed by atoms with Gasteiger partial charge >= 0.3 is 11.9 Å². The minimum atomic E-state index is -0.589. The smallest absolute Gasteiger partial charge is 0.328 e. The number of carbonyl (C=O) groups is 3. The first-order chi connectivity index (χ1) is 14.0. The molecule has 0 aliphatic carbocycles. The van der Waals surface area contributed by atoms with E-state index >= 15 is 0 Å². The zero-order valence-electron chi connectivity index (χ0n) is 18.1. The Hall–Kier alpha value is -0.930. The second kappa shape index (κ2) is 15.0. The first-order valence-corrected chi connectivity index (χ1v) is 12.7. The van der Waals surface area contributed by atoms with Crippen molar-refractivity contribution in [2.24, 2.45) is 0 Å². The van der Waals surface area contributed by atoms with E-state index in [-0.39, 0.29) is 17.8 Å². The zero-order chi connectivity index (χ0) is 21.6. The summed E-state index contributed by atoms with van der Waals surface area (Å²) in [6.07, 6.45) is 3.81. The molecule has 1 amide bonds. The van der Waals surface area contributed by atoms with E-state index in [2.05, 4.69) is 12.2 Å². The van der Waals surface area contributed by atoms with Crippen LogP contribution in [-0.2, 0) is 23.9 Å². The predicted octanol–water partition coefficient (Wildman–Crippen LogP) is 2.33. The summed E-state index contributed by atoms with van der Waals surface area (Å²) in [4.78, 5) is 38.7. The van der Waals surface area contributed by atoms with Crippen molar-refractivity contribution in [1.29, 1.82) is 0 Å². The van der Waals surface area contributed by atoms with Crippen LogP contribution in [0.2, 0.25) is 0 Å². The van der Waals surface area contributed by atoms with Gasteiger partial charge in [-0.05, 0) is 38.9 Å². The quantitative estimate of drug-likeness (QED) is 0.320. The first kappa shape index (κ1) is 26.1. The molecule has 0 aromatic rings. The maximum absolute atomic E-state index is 12.9. The van der Waals surface area contributed by atoms with Crippen molar-refractivity contribution >= 4 is 41.4 Å². The van der Waals surface area contributed by atoms with E-state index in [4.69, 9.17) is 9.47 Å². The average Bonchev–Trinajstić information content (AvgIpc) is 3.20. The molecular weight excluding hydrogens is 412 g/mol. The number of hydrogen-bond acceptors (Lipinski definition) is 8. The Morgan fingerprint density at radius 1 is 1.17 bits per heavy atom. The van der Waals surface area contributed by atoms with Gasteiger partial charge in [0.15, 0.2) is 0 Å². The van der Waals surface area contributed by atoms with Gasteiger partial charge in [-0.3, -0.25) is 14.9 Å². The number of hydrogen-bond donors (Lipinski definition) is 1. The van der Waals surface area contributed by atoms with Gasteiger partial charge in [0, 0.05) is 23.8 Å². The van der Waals surface area contributed by atoms with Gasteiger partial charge in [-0.15, -0.1) is 0 Å². The van der Waals surface area contributed by atoms with E-state index in [9.17, 15) is 14.4 Å². The molecule has 29 heavy (non-hydrogen) atoms. The van der Waals surface area contributed by atoms with E-state index in [1.807, 2.05) is 11.8 Å². The van der Waals surface area contributed by atoms with E-state index in [0.29, 0.717) is 25.3 Å². The van der Waals surface area contributed by atoms with Crippen molar-refractivity contribution in [3.8, 4) is 0 Å². The van der Waals surface area contributed by atoms with E-state index in [1.54, 1.807) is 30.5 Å². The Morgan fingerprint density at radius 3 is 2.55 bits per heavy atom. The Balaban J connectivity index is 2.56. The van der Waals surface area contributed by atoms with Gasteiger partial charge in [0.25, 0.3) is 0 Å². The van der Waals surface area contributed by atoms with Crippen molar-refractivity contribution in [2.45, 2.75) is 64.6 Å². The van der Waals surface area contributed by atoms with Crippen LogP contribution in [-0.4, -0.2) is 84.1 Å². The number of carbonyl (C=O) groups excluding carboxylic acids is 3. The van der Waals surface area contributed by atoms with Crippen LogP contribution in [0.1, 0.15) is 46.5 Å². The number of rotatable bonds is 14. The molecule has 9 heteroatoms. The normalized spacial score (nSPS) is 18.3. The fourth-order valence-electron chi connectivity index (χ4n) is 3.13. The molecule has 1 heterocycles. The highest BCUT2D eigenvalue weighted by atomic mass is 32.2. The van der Waals surface area contributed by atoms with Gasteiger partial charge in [-0.2, -0.15) is 23.5 Å². The number of nitrogens with one attached hydrogen (secondary N) is 1. The summed E-state index contributed by atoms with van der Waals surface area (Å²) in [5, 5.41) is 3.12. The van der Waals surface area contributed by atoms with Crippen molar-refractivity contribution in [3.63, 3.8) is 0 Å². The molecule has 0 aromatic carbocycles. The molecule has 1 N–H and O–H groups in total. The molecule has 0 saturated carbocycles. The molecule has 1 rings (SSSR count). The number of esters is 2. The highest BCUT2D eigenvalue weighted by Gasteiger charge is 2.37. The SMILES string of the molecule is CCCCSCCSC[C@H](NC(C)C(=O)N1CCC[C@H]1C(=O)OC)C(=O)OCC. The average molecular weight is 449 g/mol. The lowest BCUT2D eigenvalue weighted by Gasteiger charge is -2.28. The summed E-state index contributed by atoms with van der Waals surface area (Å²) in [6, 6.07) is -1.68. The zero-order valence-corrected chi connectivity index (χ0v) is 19.7. The number of thioether (sulfide) groups is 2. The molecule has 0 radical (unpaired) electrons. The number of amides is 1. The lowest BCUT2D eigenvalue weighted by molar-refractivity contribution is -0.152. The topological polar surface area (TPSA) is 84.9 Å². The fraction of sp³-hybridized carbons (Fsp3) is 0.850. The van der Waals surface area contributed by atoms with Crippen LogP contribution < -0.4 is 5.32 Å². The maximum atomic E-state index is 12.9. The standard InChI is InChI=1S/C20H36N2O5S2/c1-5-7-11-28-12-13-29-14-16(19(24)27-6-2)21-15(3)18(23)22-10-8-9-17(22)20(25)26-4/h15-17,21H,5-14H2,1-4H3/t15?,16-,17-/m0/s1. The van der Waals surface area contributed by atoms with Gasteiger partial charge in [0.1, 0.15) is 12.1 Å². The van der Waals surface area contributed by atoms with Crippen LogP contribution in [0, 0.1) is 0 Å². The van der Waals surface area contributed by atoms with E-state index in [1.165, 1.54) is 25.7 Å². The summed E-state index contributed by atoms with van der Waals surface area (Å²) < 4.78 is 9.99. The highest BCUT2D eigenvalue weighted by molar-refractivity contribution is 8.02. The van der Waals surface area contributed by atoms with Crippen LogP contribution in [0.4, 0.5) is 0 Å². The lowest BCUT2D eigenvalue weighted by Crippen LogP contribution is -2.54. The molecule has 1 aliphatic heterocycles. The third-order valence-electron chi connectivity index (χ3n) is 4.70. The molecule has 3 atom stereocenters. The Labute approximate surface area is 183 Å². The highest BCUT2D eigenvalue weighted by Crippen LogP contribution is 2.20. The van der Waals surface area contributed by atoms with Crippen LogP contribution in [0.25, 0.3) is 0 Å². The van der Waals surface area contributed by atoms with Crippen molar-refractivity contribution in [3.05, 3.63) is 0 Å². The third kappa shape index (κ3) is 9.17. The van der Waals surface area contributed by atoms with Gasteiger partial charge in [-0.25, -0.2) is 4.79 Å². The first-order valence-electron chi connectivity index (χ1n) is 10.4. The van der Waals surface area contributed by atoms with Crippen molar-refractivity contribution < 1.29 is 23.9 Å². The Kier molecular flexibility index (Phi) is 13.5. The van der Waals surface area contributed by atoms with Crippen LogP contribution in [0.5, 0.6) is 0 Å². The van der Waals surface area contributed by atoms with E-state index < -0.39 is 18.1 Å². The van der Waals surface area contributed by atoms with Crippen LogP contribution >= 0.6 is 23.5 Å². The summed E-state index contributed by atoms with van der Waals surface area (Å²) in [5.74, 6) is 2.79. The van der Waals surface area contributed by atoms with Gasteiger partial charge in [0.05, 0.1) is 19.8 Å². The third-order valence-corrected chi connectivity index (χ3v) is 7.09. The van der Waals surface area contributed by atoms with E-state index in [0.717, 1.165) is 17.9 Å². The van der Waals surface area contributed by atoms with Crippen molar-refractivity contribution in [1.82, 2.24) is 10.2 Å². The second-order valence-electron chi connectivity index (χ2n) is 6.95. The fourth-order valence-corrected chi connectivity index (χ4v) is 5.40. The maximum Gasteiger partial charge on any atom is 0.328 e. The molecular formula is C20H36N2O5S2. The van der Waals surface area contributed by atoms with Crippen LogP contribution in [0.15, 0.2) is 0 Å². The molecule has 0 spiro atoms. The Morgan fingerprint density at radius 2 is 1.90 bits per heavy atom. The molecule has 1 saturated heterocycles. The van der Waals surface area contributed by atoms with Crippen molar-refractivity contribution in [2.75, 3.05) is 43.3 Å². The second-order valence-corrected chi connectivity index (χ2v) is 9.32. The number of nitrogens with zero attached hydrogens (tertiary/aromatic N) is 1. The number of methoxy groups -OCH3 is 1. The number of likely N-dealkylation sites (tertiary alicyclic amines) is 1. The monoisotopic (exact) mass is 448 g/mol. The summed E-state index contributed by atoms with van der Waals surface area (Å²) >= 11 is 3.61. The summed E-state index contributed by atoms with van der Waals surface area (Å²) in [6.45, 7) is 6.51. The van der Waals surface area contributed by atoms with Gasteiger partial charge in [0.2, 0.25) is 5.91 Å². The van der Waals surface area contributed by atoms with Crippen LogP contribution in [0.3, 0.4) is 0 Å². The number of ether oxygens (including phenoxy) is 2.